The van der Waals surface area contributed by atoms with E-state index in [2.05, 4.69) is 10.1 Å². The molecule has 0 saturated heterocycles. The van der Waals surface area contributed by atoms with Crippen LogP contribution in [0.25, 0.3) is 11.1 Å². The first-order chi connectivity index (χ1) is 12.1. The lowest BCUT2D eigenvalue weighted by Gasteiger charge is -2.05. The van der Waals surface area contributed by atoms with Crippen molar-refractivity contribution >= 4 is 17.5 Å². The van der Waals surface area contributed by atoms with Crippen LogP contribution in [0.3, 0.4) is 0 Å². The number of amides is 1. The van der Waals surface area contributed by atoms with Gasteiger partial charge in [0.15, 0.2) is 12.4 Å². The number of rotatable bonds is 6. The van der Waals surface area contributed by atoms with Gasteiger partial charge in [0.1, 0.15) is 5.75 Å². The molecule has 0 aliphatic heterocycles. The lowest BCUT2D eigenvalue weighted by molar-refractivity contribution is -0.128. The van der Waals surface area contributed by atoms with Gasteiger partial charge in [0.05, 0.1) is 6.42 Å². The maximum Gasteiger partial charge on any atom is 0.264 e. The second kappa shape index (κ2) is 7.78. The Morgan fingerprint density at radius 3 is 2.40 bits per heavy atom. The summed E-state index contributed by atoms with van der Waals surface area (Å²) in [7, 11) is 0. The second-order valence-corrected chi connectivity index (χ2v) is 5.57. The Balaban J connectivity index is 1.58. The molecule has 0 spiro atoms. The number of ether oxygens (including phenoxy) is 1. The summed E-state index contributed by atoms with van der Waals surface area (Å²) in [5.74, 6) is 0.433. The molecule has 128 valence electrons. The molecule has 2 aromatic carbocycles. The highest BCUT2D eigenvalue weighted by molar-refractivity contribution is 6.30. The molecule has 0 radical (unpaired) electrons. The van der Waals surface area contributed by atoms with Crippen LogP contribution >= 0.6 is 11.6 Å². The minimum absolute atomic E-state index is 0.0774. The zero-order valence-electron chi connectivity index (χ0n) is 13.0. The average molecular weight is 360 g/mol. The van der Waals surface area contributed by atoms with Crippen molar-refractivity contribution in [2.45, 2.75) is 13.0 Å². The lowest BCUT2D eigenvalue weighted by Crippen LogP contribution is -2.21. The predicted molar refractivity (Wildman–Crippen MR) is 89.2 cm³/mol. The van der Waals surface area contributed by atoms with Crippen molar-refractivity contribution in [1.82, 2.24) is 15.6 Å². The molecule has 8 heteroatoms. The van der Waals surface area contributed by atoms with Crippen molar-refractivity contribution in [3.8, 4) is 16.9 Å². The fraction of sp³-hybridized carbons (Fsp3) is 0.118. The third-order valence-corrected chi connectivity index (χ3v) is 3.60. The van der Waals surface area contributed by atoms with Crippen molar-refractivity contribution in [2.24, 2.45) is 0 Å². The van der Waals surface area contributed by atoms with Gasteiger partial charge in [-0.25, -0.2) is 5.48 Å². The fourth-order valence-corrected chi connectivity index (χ4v) is 2.26. The normalized spacial score (nSPS) is 10.5. The monoisotopic (exact) mass is 359 g/mol. The summed E-state index contributed by atoms with van der Waals surface area (Å²) in [5.41, 5.74) is 3.60. The molecular formula is C17H14ClN3O4. The quantitative estimate of drug-likeness (QED) is 0.518. The van der Waals surface area contributed by atoms with Crippen molar-refractivity contribution in [3.05, 3.63) is 65.3 Å². The van der Waals surface area contributed by atoms with Gasteiger partial charge in [-0.3, -0.25) is 10.0 Å². The van der Waals surface area contributed by atoms with Gasteiger partial charge in [0.2, 0.25) is 0 Å². The van der Waals surface area contributed by atoms with E-state index >= 15 is 0 Å². The first-order valence-corrected chi connectivity index (χ1v) is 7.75. The van der Waals surface area contributed by atoms with Crippen LogP contribution in [0.4, 0.5) is 0 Å². The van der Waals surface area contributed by atoms with Crippen LogP contribution in [0.1, 0.15) is 11.7 Å². The van der Waals surface area contributed by atoms with Crippen LogP contribution in [0.5, 0.6) is 5.75 Å². The van der Waals surface area contributed by atoms with E-state index in [0.717, 1.165) is 11.1 Å². The van der Waals surface area contributed by atoms with E-state index in [1.54, 1.807) is 0 Å². The largest absolute Gasteiger partial charge is 0.484 e. The van der Waals surface area contributed by atoms with E-state index in [0.29, 0.717) is 10.8 Å². The third-order valence-electron chi connectivity index (χ3n) is 3.35. The minimum atomic E-state index is -0.619. The molecule has 3 aromatic rings. The topological polar surface area (TPSA) is 97.5 Å². The molecule has 0 atom stereocenters. The predicted octanol–water partition coefficient (Wildman–Crippen LogP) is 3.02. The maximum absolute atomic E-state index is 11.0. The van der Waals surface area contributed by atoms with E-state index in [9.17, 15) is 4.79 Å². The molecule has 0 aliphatic rings. The maximum atomic E-state index is 11.0. The lowest BCUT2D eigenvalue weighted by atomic mass is 10.1. The number of halogens is 1. The van der Waals surface area contributed by atoms with Crippen molar-refractivity contribution in [1.29, 1.82) is 0 Å². The van der Waals surface area contributed by atoms with Crippen LogP contribution in [0.2, 0.25) is 5.02 Å². The number of nitrogens with zero attached hydrogens (tertiary/aromatic N) is 2. The Labute approximate surface area is 148 Å². The number of aromatic nitrogens is 2. The summed E-state index contributed by atoms with van der Waals surface area (Å²) >= 11 is 5.89. The SMILES string of the molecule is O=C(Cc1noc(COc2ccc(-c3ccc(Cl)cc3)cc2)n1)NO. The van der Waals surface area contributed by atoms with E-state index in [-0.39, 0.29) is 24.7 Å². The summed E-state index contributed by atoms with van der Waals surface area (Å²) < 4.78 is 10.6. The Morgan fingerprint density at radius 1 is 1.12 bits per heavy atom. The van der Waals surface area contributed by atoms with Gasteiger partial charge in [-0.1, -0.05) is 41.0 Å². The Hall–Kier alpha value is -2.90. The molecule has 0 saturated carbocycles. The van der Waals surface area contributed by atoms with Gasteiger partial charge < -0.3 is 9.26 Å². The van der Waals surface area contributed by atoms with Crippen LogP contribution in [0.15, 0.2) is 53.1 Å². The molecule has 0 fully saturated rings. The standard InChI is InChI=1S/C17H14ClN3O4/c18-13-5-1-11(2-6-13)12-3-7-14(8-4-12)24-10-17-19-15(21-25-17)9-16(22)20-23/h1-8,23H,9-10H2,(H,20,22). The van der Waals surface area contributed by atoms with Gasteiger partial charge in [-0.05, 0) is 35.4 Å². The molecule has 3 rings (SSSR count). The number of carbonyl (C=O) groups excluding carboxylic acids is 1. The van der Waals surface area contributed by atoms with Crippen molar-refractivity contribution in [3.63, 3.8) is 0 Å². The minimum Gasteiger partial charge on any atom is -0.484 e. The highest BCUT2D eigenvalue weighted by atomic mass is 35.5. The van der Waals surface area contributed by atoms with E-state index in [1.165, 1.54) is 5.48 Å². The van der Waals surface area contributed by atoms with E-state index < -0.39 is 5.91 Å². The van der Waals surface area contributed by atoms with Gasteiger partial charge in [0, 0.05) is 5.02 Å². The summed E-state index contributed by atoms with van der Waals surface area (Å²) in [5, 5.41) is 12.8. The molecule has 1 aromatic heterocycles. The first kappa shape index (κ1) is 16.9. The highest BCUT2D eigenvalue weighted by Crippen LogP contribution is 2.24. The van der Waals surface area contributed by atoms with E-state index in [4.69, 9.17) is 26.1 Å². The molecule has 0 bridgehead atoms. The third kappa shape index (κ3) is 4.56. The number of carbonyl (C=O) groups is 1. The van der Waals surface area contributed by atoms with Crippen molar-refractivity contribution in [2.75, 3.05) is 0 Å². The number of nitrogens with one attached hydrogen (secondary N) is 1. The Bertz CT molecular complexity index is 847. The number of benzene rings is 2. The summed E-state index contributed by atoms with van der Waals surface area (Å²) in [6.07, 6.45) is -0.171. The molecule has 25 heavy (non-hydrogen) atoms. The molecule has 2 N–H and O–H groups in total. The zero-order chi connectivity index (χ0) is 17.6. The van der Waals surface area contributed by atoms with Crippen LogP contribution in [0, 0.1) is 0 Å². The molecule has 1 heterocycles. The second-order valence-electron chi connectivity index (χ2n) is 5.14. The van der Waals surface area contributed by atoms with Gasteiger partial charge in [-0.2, -0.15) is 4.98 Å². The van der Waals surface area contributed by atoms with Crippen LogP contribution < -0.4 is 10.2 Å². The van der Waals surface area contributed by atoms with Gasteiger partial charge in [0.25, 0.3) is 11.8 Å². The number of hydroxylamine groups is 1. The zero-order valence-corrected chi connectivity index (χ0v) is 13.7. The fourth-order valence-electron chi connectivity index (χ4n) is 2.13. The Kier molecular flexibility index (Phi) is 5.27. The van der Waals surface area contributed by atoms with Crippen molar-refractivity contribution < 1.29 is 19.3 Å². The summed E-state index contributed by atoms with van der Waals surface area (Å²) in [6, 6.07) is 15.1. The van der Waals surface area contributed by atoms with Gasteiger partial charge in [-0.15, -0.1) is 0 Å². The van der Waals surface area contributed by atoms with Crippen LogP contribution in [-0.4, -0.2) is 21.3 Å². The van der Waals surface area contributed by atoms with Crippen LogP contribution in [-0.2, 0) is 17.8 Å². The number of hydrogen-bond donors (Lipinski definition) is 2. The smallest absolute Gasteiger partial charge is 0.264 e. The molecular weight excluding hydrogens is 346 g/mol. The summed E-state index contributed by atoms with van der Waals surface area (Å²) in [4.78, 5) is 15.0. The van der Waals surface area contributed by atoms with Gasteiger partial charge >= 0.3 is 0 Å². The van der Waals surface area contributed by atoms with E-state index in [1.807, 2.05) is 48.5 Å². The molecule has 1 amide bonds. The Morgan fingerprint density at radius 2 is 1.76 bits per heavy atom. The molecule has 7 nitrogen and oxygen atoms in total. The number of hydrogen-bond acceptors (Lipinski definition) is 6. The summed E-state index contributed by atoms with van der Waals surface area (Å²) in [6.45, 7) is 0.0774. The highest BCUT2D eigenvalue weighted by Gasteiger charge is 2.11. The average Bonchev–Trinajstić information content (AvgIpc) is 3.08. The molecule has 0 unspecified atom stereocenters. The first-order valence-electron chi connectivity index (χ1n) is 7.37. The molecule has 0 aliphatic carbocycles.